The lowest BCUT2D eigenvalue weighted by Crippen LogP contribution is -1.94. The van der Waals surface area contributed by atoms with Gasteiger partial charge in [-0.3, -0.25) is 0 Å². The maximum Gasteiger partial charge on any atom is 0.0826 e. The molecule has 0 spiro atoms. The van der Waals surface area contributed by atoms with Crippen molar-refractivity contribution in [3.8, 4) is 0 Å². The van der Waals surface area contributed by atoms with Crippen LogP contribution >= 0.6 is 0 Å². The lowest BCUT2D eigenvalue weighted by molar-refractivity contribution is 0.112. The Morgan fingerprint density at radius 1 is 1.00 bits per heavy atom. The summed E-state index contributed by atoms with van der Waals surface area (Å²) in [7, 11) is 0. The molecule has 2 aromatic rings. The summed E-state index contributed by atoms with van der Waals surface area (Å²) >= 11 is 0. The molecule has 0 radical (unpaired) electrons. The van der Waals surface area contributed by atoms with Gasteiger partial charge in [-0.05, 0) is 35.2 Å². The molecule has 0 N–H and O–H groups in total. The third-order valence-corrected chi connectivity index (χ3v) is 3.07. The number of hydrogen-bond acceptors (Lipinski definition) is 1. The highest BCUT2D eigenvalue weighted by Crippen LogP contribution is 2.30. The van der Waals surface area contributed by atoms with E-state index in [9.17, 15) is 0 Å². The van der Waals surface area contributed by atoms with Crippen LogP contribution in [0.2, 0.25) is 0 Å². The molecule has 2 aromatic carbocycles. The van der Waals surface area contributed by atoms with Gasteiger partial charge in [0.25, 0.3) is 0 Å². The Bertz CT molecular complexity index is 469. The molecule has 0 bridgehead atoms. The van der Waals surface area contributed by atoms with E-state index in [4.69, 9.17) is 4.74 Å². The van der Waals surface area contributed by atoms with Crippen LogP contribution in [-0.4, -0.2) is 6.61 Å². The van der Waals surface area contributed by atoms with Crippen LogP contribution in [0.25, 0.3) is 10.8 Å². The Labute approximate surface area is 89.7 Å². The molecular formula is C14H14O. The van der Waals surface area contributed by atoms with Crippen molar-refractivity contribution >= 4 is 10.8 Å². The van der Waals surface area contributed by atoms with Crippen molar-refractivity contribution in [1.29, 1.82) is 0 Å². The van der Waals surface area contributed by atoms with Gasteiger partial charge in [0.2, 0.25) is 0 Å². The molecule has 0 saturated carbocycles. The maximum absolute atomic E-state index is 5.69. The molecule has 3 rings (SSSR count). The van der Waals surface area contributed by atoms with Crippen molar-refractivity contribution in [3.63, 3.8) is 0 Å². The van der Waals surface area contributed by atoms with Crippen molar-refractivity contribution < 1.29 is 4.74 Å². The summed E-state index contributed by atoms with van der Waals surface area (Å²) in [5, 5.41) is 2.62. The van der Waals surface area contributed by atoms with E-state index in [1.54, 1.807) is 0 Å². The van der Waals surface area contributed by atoms with Gasteiger partial charge in [-0.1, -0.05) is 36.4 Å². The average Bonchev–Trinajstić information content (AvgIpc) is 2.82. The number of ether oxygens (including phenoxy) is 1. The van der Waals surface area contributed by atoms with Gasteiger partial charge in [0, 0.05) is 6.61 Å². The summed E-state index contributed by atoms with van der Waals surface area (Å²) in [6, 6.07) is 15.1. The Morgan fingerprint density at radius 3 is 2.67 bits per heavy atom. The average molecular weight is 198 g/mol. The molecule has 0 amide bonds. The first-order valence-corrected chi connectivity index (χ1v) is 5.54. The van der Waals surface area contributed by atoms with Crippen LogP contribution in [0.3, 0.4) is 0 Å². The minimum atomic E-state index is 0.328. The molecular weight excluding hydrogens is 184 g/mol. The van der Waals surface area contributed by atoms with E-state index in [-0.39, 0.29) is 0 Å². The molecule has 1 saturated heterocycles. The number of rotatable bonds is 1. The SMILES string of the molecule is c1ccc2cc(C3CCCO3)ccc2c1. The first-order chi connectivity index (χ1) is 7.43. The summed E-state index contributed by atoms with van der Waals surface area (Å²) in [5.41, 5.74) is 1.33. The molecule has 1 aliphatic heterocycles. The van der Waals surface area contributed by atoms with Crippen LogP contribution in [0, 0.1) is 0 Å². The first kappa shape index (κ1) is 8.93. The zero-order valence-electron chi connectivity index (χ0n) is 8.65. The van der Waals surface area contributed by atoms with Crippen LogP contribution in [0.5, 0.6) is 0 Å². The van der Waals surface area contributed by atoms with Crippen molar-refractivity contribution in [2.45, 2.75) is 18.9 Å². The van der Waals surface area contributed by atoms with Crippen LogP contribution in [-0.2, 0) is 4.74 Å². The largest absolute Gasteiger partial charge is 0.374 e. The smallest absolute Gasteiger partial charge is 0.0826 e. The summed E-state index contributed by atoms with van der Waals surface area (Å²) in [4.78, 5) is 0. The molecule has 0 aliphatic carbocycles. The maximum atomic E-state index is 5.69. The minimum Gasteiger partial charge on any atom is -0.374 e. The topological polar surface area (TPSA) is 9.23 Å². The summed E-state index contributed by atoms with van der Waals surface area (Å²) < 4.78 is 5.69. The van der Waals surface area contributed by atoms with Gasteiger partial charge in [-0.15, -0.1) is 0 Å². The van der Waals surface area contributed by atoms with Gasteiger partial charge in [0.15, 0.2) is 0 Å². The Hall–Kier alpha value is -1.34. The predicted octanol–water partition coefficient (Wildman–Crippen LogP) is 3.69. The van der Waals surface area contributed by atoms with E-state index in [1.165, 1.54) is 29.2 Å². The van der Waals surface area contributed by atoms with Crippen molar-refractivity contribution in [2.75, 3.05) is 6.61 Å². The van der Waals surface area contributed by atoms with Crippen LogP contribution in [0.4, 0.5) is 0 Å². The second kappa shape index (κ2) is 3.67. The lowest BCUT2D eigenvalue weighted by atomic mass is 10.0. The predicted molar refractivity (Wildman–Crippen MR) is 61.9 cm³/mol. The Kier molecular flexibility index (Phi) is 2.18. The molecule has 1 nitrogen and oxygen atoms in total. The highest BCUT2D eigenvalue weighted by atomic mass is 16.5. The fraction of sp³-hybridized carbons (Fsp3) is 0.286. The van der Waals surface area contributed by atoms with Crippen LogP contribution in [0.15, 0.2) is 42.5 Å². The molecule has 0 aromatic heterocycles. The number of benzene rings is 2. The van der Waals surface area contributed by atoms with Gasteiger partial charge in [0.05, 0.1) is 6.10 Å². The van der Waals surface area contributed by atoms with E-state index >= 15 is 0 Å². The third kappa shape index (κ3) is 1.64. The van der Waals surface area contributed by atoms with Crippen LogP contribution < -0.4 is 0 Å². The van der Waals surface area contributed by atoms with Gasteiger partial charge < -0.3 is 4.74 Å². The Morgan fingerprint density at radius 2 is 1.87 bits per heavy atom. The zero-order chi connectivity index (χ0) is 10.1. The molecule has 1 unspecified atom stereocenters. The van der Waals surface area contributed by atoms with Gasteiger partial charge >= 0.3 is 0 Å². The lowest BCUT2D eigenvalue weighted by Gasteiger charge is -2.10. The van der Waals surface area contributed by atoms with Gasteiger partial charge in [-0.25, -0.2) is 0 Å². The molecule has 1 atom stereocenters. The van der Waals surface area contributed by atoms with E-state index in [1.807, 2.05) is 0 Å². The second-order valence-corrected chi connectivity index (χ2v) is 4.11. The van der Waals surface area contributed by atoms with E-state index in [0.717, 1.165) is 6.61 Å². The molecule has 1 aliphatic rings. The van der Waals surface area contributed by atoms with E-state index in [0.29, 0.717) is 6.10 Å². The van der Waals surface area contributed by atoms with Crippen molar-refractivity contribution in [1.82, 2.24) is 0 Å². The summed E-state index contributed by atoms with van der Waals surface area (Å²) in [6.07, 6.45) is 2.69. The number of hydrogen-bond donors (Lipinski definition) is 0. The highest BCUT2D eigenvalue weighted by Gasteiger charge is 2.17. The minimum absolute atomic E-state index is 0.328. The summed E-state index contributed by atoms with van der Waals surface area (Å²) in [5.74, 6) is 0. The third-order valence-electron chi connectivity index (χ3n) is 3.07. The van der Waals surface area contributed by atoms with Gasteiger partial charge in [-0.2, -0.15) is 0 Å². The molecule has 1 heteroatoms. The van der Waals surface area contributed by atoms with Crippen LogP contribution in [0.1, 0.15) is 24.5 Å². The fourth-order valence-electron chi connectivity index (χ4n) is 2.25. The quantitative estimate of drug-likeness (QED) is 0.679. The highest BCUT2D eigenvalue weighted by molar-refractivity contribution is 5.83. The molecule has 15 heavy (non-hydrogen) atoms. The van der Waals surface area contributed by atoms with Crippen molar-refractivity contribution in [3.05, 3.63) is 48.0 Å². The van der Waals surface area contributed by atoms with Crippen molar-refractivity contribution in [2.24, 2.45) is 0 Å². The molecule has 76 valence electrons. The van der Waals surface area contributed by atoms with Gasteiger partial charge in [0.1, 0.15) is 0 Å². The van der Waals surface area contributed by atoms with E-state index < -0.39 is 0 Å². The number of fused-ring (bicyclic) bond motifs is 1. The monoisotopic (exact) mass is 198 g/mol. The summed E-state index contributed by atoms with van der Waals surface area (Å²) in [6.45, 7) is 0.914. The Balaban J connectivity index is 2.05. The molecule has 1 fully saturated rings. The first-order valence-electron chi connectivity index (χ1n) is 5.54. The second-order valence-electron chi connectivity index (χ2n) is 4.11. The normalized spacial score (nSPS) is 20.9. The zero-order valence-corrected chi connectivity index (χ0v) is 8.65. The molecule has 1 heterocycles. The fourth-order valence-corrected chi connectivity index (χ4v) is 2.25. The van der Waals surface area contributed by atoms with E-state index in [2.05, 4.69) is 42.5 Å². The standard InChI is InChI=1S/C14H14O/c1-2-5-12-10-13(8-7-11(12)4-1)14-6-3-9-15-14/h1-2,4-5,7-8,10,14H,3,6,9H2.